The maximum absolute atomic E-state index is 2.49. The van der Waals surface area contributed by atoms with Crippen LogP contribution in [0, 0.1) is 23.7 Å². The maximum Gasteiger partial charge on any atom is -0.0170 e. The third-order valence-electron chi connectivity index (χ3n) is 4.17. The topological polar surface area (TPSA) is 0 Å². The molecule has 0 aromatic heterocycles. The van der Waals surface area contributed by atoms with Crippen molar-refractivity contribution in [1.29, 1.82) is 0 Å². The lowest BCUT2D eigenvalue weighted by molar-refractivity contribution is 0.434. The zero-order valence-electron chi connectivity index (χ0n) is 10.6. The Morgan fingerprint density at radius 3 is 1.62 bits per heavy atom. The molecule has 16 heavy (non-hydrogen) atoms. The summed E-state index contributed by atoms with van der Waals surface area (Å²) in [7, 11) is 0. The monoisotopic (exact) mass is 216 g/mol. The van der Waals surface area contributed by atoms with Gasteiger partial charge < -0.3 is 0 Å². The van der Waals surface area contributed by atoms with Crippen LogP contribution in [-0.4, -0.2) is 0 Å². The van der Waals surface area contributed by atoms with Crippen LogP contribution < -0.4 is 0 Å². The van der Waals surface area contributed by atoms with Gasteiger partial charge in [0.2, 0.25) is 0 Å². The molecule has 2 rings (SSSR count). The molecule has 0 saturated carbocycles. The first-order chi connectivity index (χ1) is 7.77. The number of hydrogen-bond acceptors (Lipinski definition) is 0. The summed E-state index contributed by atoms with van der Waals surface area (Å²) in [4.78, 5) is 0. The van der Waals surface area contributed by atoms with Crippen LogP contribution in [0.15, 0.2) is 36.5 Å². The molecule has 4 unspecified atom stereocenters. The van der Waals surface area contributed by atoms with E-state index in [1.54, 1.807) is 0 Å². The van der Waals surface area contributed by atoms with Gasteiger partial charge in [-0.1, -0.05) is 50.3 Å². The van der Waals surface area contributed by atoms with Gasteiger partial charge in [0.1, 0.15) is 0 Å². The van der Waals surface area contributed by atoms with E-state index in [1.807, 2.05) is 0 Å². The van der Waals surface area contributed by atoms with E-state index >= 15 is 0 Å². The predicted molar refractivity (Wildman–Crippen MR) is 71.2 cm³/mol. The van der Waals surface area contributed by atoms with Gasteiger partial charge >= 0.3 is 0 Å². The van der Waals surface area contributed by atoms with E-state index in [0.717, 1.165) is 23.7 Å². The molecule has 2 aliphatic carbocycles. The van der Waals surface area contributed by atoms with Crippen molar-refractivity contribution in [3.63, 3.8) is 0 Å². The smallest absolute Gasteiger partial charge is 0.0170 e. The quantitative estimate of drug-likeness (QED) is 0.584. The van der Waals surface area contributed by atoms with Crippen LogP contribution in [0.2, 0.25) is 0 Å². The van der Waals surface area contributed by atoms with Crippen molar-refractivity contribution in [1.82, 2.24) is 0 Å². The Morgan fingerprint density at radius 2 is 1.25 bits per heavy atom. The lowest BCUT2D eigenvalue weighted by Crippen LogP contribution is -2.13. The molecule has 0 aromatic carbocycles. The van der Waals surface area contributed by atoms with Crippen LogP contribution in [-0.2, 0) is 0 Å². The van der Waals surface area contributed by atoms with Gasteiger partial charge in [-0.15, -0.1) is 0 Å². The number of hydrogen-bond donors (Lipinski definition) is 0. The van der Waals surface area contributed by atoms with Gasteiger partial charge in [-0.3, -0.25) is 0 Å². The highest BCUT2D eigenvalue weighted by Gasteiger charge is 2.17. The van der Waals surface area contributed by atoms with E-state index in [-0.39, 0.29) is 0 Å². The summed E-state index contributed by atoms with van der Waals surface area (Å²) >= 11 is 0. The summed E-state index contributed by atoms with van der Waals surface area (Å²) in [5, 5.41) is 0. The fourth-order valence-corrected chi connectivity index (χ4v) is 2.84. The molecule has 0 heteroatoms. The van der Waals surface area contributed by atoms with Crippen molar-refractivity contribution in [3.8, 4) is 0 Å². The minimum atomic E-state index is 0.736. The van der Waals surface area contributed by atoms with E-state index in [2.05, 4.69) is 50.3 Å². The Kier molecular flexibility index (Phi) is 4.04. The lowest BCUT2D eigenvalue weighted by atomic mass is 9.81. The molecule has 88 valence electrons. The van der Waals surface area contributed by atoms with Gasteiger partial charge in [0.15, 0.2) is 0 Å². The molecule has 0 radical (unpaired) electrons. The van der Waals surface area contributed by atoms with E-state index in [1.165, 1.54) is 25.7 Å². The zero-order chi connectivity index (χ0) is 11.4. The van der Waals surface area contributed by atoms with Gasteiger partial charge in [-0.05, 0) is 49.4 Å². The van der Waals surface area contributed by atoms with Crippen LogP contribution in [0.5, 0.6) is 0 Å². The molecule has 0 nitrogen and oxygen atoms in total. The maximum atomic E-state index is 2.49. The molecule has 2 aliphatic rings. The van der Waals surface area contributed by atoms with Gasteiger partial charge in [0, 0.05) is 0 Å². The van der Waals surface area contributed by atoms with E-state index in [0.29, 0.717) is 0 Å². The first-order valence-corrected chi connectivity index (χ1v) is 6.79. The Balaban J connectivity index is 1.93. The molecule has 0 aliphatic heterocycles. The van der Waals surface area contributed by atoms with Crippen molar-refractivity contribution < 1.29 is 0 Å². The summed E-state index contributed by atoms with van der Waals surface area (Å²) < 4.78 is 0. The molecular weight excluding hydrogens is 192 g/mol. The van der Waals surface area contributed by atoms with Crippen molar-refractivity contribution in [3.05, 3.63) is 36.5 Å². The highest BCUT2D eigenvalue weighted by atomic mass is 14.2. The van der Waals surface area contributed by atoms with Crippen LogP contribution >= 0.6 is 0 Å². The van der Waals surface area contributed by atoms with Crippen molar-refractivity contribution >= 4 is 0 Å². The summed E-state index contributed by atoms with van der Waals surface area (Å²) in [6.07, 6.45) is 19.6. The second kappa shape index (κ2) is 5.52. The largest absolute Gasteiger partial charge is 0.0882 e. The predicted octanol–water partition coefficient (Wildman–Crippen LogP) is 4.75. The normalized spacial score (nSPS) is 39.4. The minimum Gasteiger partial charge on any atom is -0.0882 e. The molecule has 0 saturated heterocycles. The second-order valence-corrected chi connectivity index (χ2v) is 5.44. The molecular formula is C16H24. The molecule has 4 atom stereocenters. The first-order valence-electron chi connectivity index (χ1n) is 6.79. The van der Waals surface area contributed by atoms with Gasteiger partial charge in [0.25, 0.3) is 0 Å². The van der Waals surface area contributed by atoms with Crippen LogP contribution in [0.1, 0.15) is 39.5 Å². The average Bonchev–Trinajstić information content (AvgIpc) is 2.30. The SMILES string of the molecule is CC1C=CCCC1C=CC1CCC=CC1C. The van der Waals surface area contributed by atoms with Crippen LogP contribution in [0.4, 0.5) is 0 Å². The summed E-state index contributed by atoms with van der Waals surface area (Å²) in [6, 6.07) is 0. The van der Waals surface area contributed by atoms with E-state index in [9.17, 15) is 0 Å². The fraction of sp³-hybridized carbons (Fsp3) is 0.625. The third kappa shape index (κ3) is 2.87. The third-order valence-corrected chi connectivity index (χ3v) is 4.17. The van der Waals surface area contributed by atoms with Gasteiger partial charge in [0.05, 0.1) is 0 Å². The van der Waals surface area contributed by atoms with Gasteiger partial charge in [-0.2, -0.15) is 0 Å². The van der Waals surface area contributed by atoms with E-state index < -0.39 is 0 Å². The highest BCUT2D eigenvalue weighted by molar-refractivity contribution is 5.07. The molecule has 0 bridgehead atoms. The van der Waals surface area contributed by atoms with Crippen molar-refractivity contribution in [2.24, 2.45) is 23.7 Å². The number of allylic oxidation sites excluding steroid dienone is 6. The fourth-order valence-electron chi connectivity index (χ4n) is 2.84. The minimum absolute atomic E-state index is 0.736. The van der Waals surface area contributed by atoms with Crippen molar-refractivity contribution in [2.75, 3.05) is 0 Å². The highest BCUT2D eigenvalue weighted by Crippen LogP contribution is 2.29. The Labute approximate surface area is 100 Å². The van der Waals surface area contributed by atoms with Crippen LogP contribution in [0.25, 0.3) is 0 Å². The molecule has 0 N–H and O–H groups in total. The Hall–Kier alpha value is -0.780. The Morgan fingerprint density at radius 1 is 0.812 bits per heavy atom. The standard InChI is InChI=1S/C16H24/c1-13-7-3-5-9-15(13)11-12-16-10-6-4-8-14(16)2/h3-4,7-8,11-16H,5-6,9-10H2,1-2H3. The molecule has 0 aromatic rings. The Bertz CT molecular complexity index is 265. The lowest BCUT2D eigenvalue weighted by Gasteiger charge is -2.24. The molecule has 0 spiro atoms. The zero-order valence-corrected chi connectivity index (χ0v) is 10.6. The summed E-state index contributed by atoms with van der Waals surface area (Å²) in [6.45, 7) is 4.68. The first kappa shape index (κ1) is 11.7. The van der Waals surface area contributed by atoms with E-state index in [4.69, 9.17) is 0 Å². The average molecular weight is 216 g/mol. The van der Waals surface area contributed by atoms with Crippen LogP contribution in [0.3, 0.4) is 0 Å². The van der Waals surface area contributed by atoms with Crippen molar-refractivity contribution in [2.45, 2.75) is 39.5 Å². The number of rotatable bonds is 2. The summed E-state index contributed by atoms with van der Waals surface area (Å²) in [5.74, 6) is 3.03. The summed E-state index contributed by atoms with van der Waals surface area (Å²) in [5.41, 5.74) is 0. The van der Waals surface area contributed by atoms with Gasteiger partial charge in [-0.25, -0.2) is 0 Å². The molecule has 0 fully saturated rings. The second-order valence-electron chi connectivity index (χ2n) is 5.44. The molecule has 0 heterocycles. The molecule has 0 amide bonds.